The summed E-state index contributed by atoms with van der Waals surface area (Å²) in [5.74, 6) is -1.10. The van der Waals surface area contributed by atoms with Gasteiger partial charge in [-0.2, -0.15) is 0 Å². The lowest BCUT2D eigenvalue weighted by Crippen LogP contribution is -2.48. The molecule has 0 aliphatic carbocycles. The van der Waals surface area contributed by atoms with Crippen molar-refractivity contribution in [3.8, 4) is 0 Å². The fourth-order valence-corrected chi connectivity index (χ4v) is 4.17. The quantitative estimate of drug-likeness (QED) is 0.337. The van der Waals surface area contributed by atoms with E-state index in [0.717, 1.165) is 26.9 Å². The molecule has 0 aliphatic rings. The fourth-order valence-electron chi connectivity index (χ4n) is 3.05. The van der Waals surface area contributed by atoms with Crippen LogP contribution in [-0.2, 0) is 15.0 Å². The summed E-state index contributed by atoms with van der Waals surface area (Å²) in [6.07, 6.45) is -0.0321. The van der Waals surface area contributed by atoms with E-state index in [1.165, 1.54) is 0 Å². The molecule has 0 radical (unpaired) electrons. The molecule has 2 rings (SSSR count). The number of carbonyl (C=O) groups is 3. The van der Waals surface area contributed by atoms with Crippen LogP contribution in [0.1, 0.15) is 60.7 Å². The zero-order chi connectivity index (χ0) is 24.8. The van der Waals surface area contributed by atoms with Gasteiger partial charge >= 0.3 is 0 Å². The summed E-state index contributed by atoms with van der Waals surface area (Å²) in [5, 5.41) is 5.25. The van der Waals surface area contributed by atoms with E-state index in [-0.39, 0.29) is 29.3 Å². The highest BCUT2D eigenvalue weighted by Crippen LogP contribution is 2.30. The molecule has 33 heavy (non-hydrogen) atoms. The summed E-state index contributed by atoms with van der Waals surface area (Å²) in [5.41, 5.74) is 9.08. The topological polar surface area (TPSA) is 99.3 Å². The van der Waals surface area contributed by atoms with Gasteiger partial charge in [-0.3, -0.25) is 30.6 Å². The van der Waals surface area contributed by atoms with Gasteiger partial charge in [-0.1, -0.05) is 60.5 Å². The smallest absolute Gasteiger partial charge is 0.257 e. The zero-order valence-electron chi connectivity index (χ0n) is 19.4. The van der Waals surface area contributed by atoms with Crippen molar-refractivity contribution in [1.29, 1.82) is 0 Å². The average Bonchev–Trinajstić information content (AvgIpc) is 2.71. The minimum absolute atomic E-state index is 0.00804. The number of hydrogen-bond donors (Lipinski definition) is 4. The predicted molar refractivity (Wildman–Crippen MR) is 138 cm³/mol. The van der Waals surface area contributed by atoms with Crippen LogP contribution in [0.3, 0.4) is 0 Å². The molecule has 7 nitrogen and oxygen atoms in total. The largest absolute Gasteiger partial charge is 0.326 e. The van der Waals surface area contributed by atoms with Crippen LogP contribution < -0.4 is 21.5 Å². The van der Waals surface area contributed by atoms with E-state index in [2.05, 4.69) is 58.2 Å². The molecule has 0 saturated carbocycles. The molecule has 0 saturated heterocycles. The molecule has 0 aromatic heterocycles. The lowest BCUT2D eigenvalue weighted by molar-refractivity contribution is -0.124. The van der Waals surface area contributed by atoms with Crippen molar-refractivity contribution < 1.29 is 14.4 Å². The van der Waals surface area contributed by atoms with E-state index in [1.807, 2.05) is 38.1 Å². The Morgan fingerprint density at radius 3 is 2.21 bits per heavy atom. The Bertz CT molecular complexity index is 1080. The van der Waals surface area contributed by atoms with Crippen LogP contribution >= 0.6 is 28.1 Å². The van der Waals surface area contributed by atoms with Crippen LogP contribution in [0.2, 0.25) is 0 Å². The predicted octanol–water partition coefficient (Wildman–Crippen LogP) is 4.42. The molecule has 0 spiro atoms. The van der Waals surface area contributed by atoms with Crippen molar-refractivity contribution in [2.24, 2.45) is 0 Å². The van der Waals surface area contributed by atoms with Crippen molar-refractivity contribution in [2.75, 3.05) is 5.32 Å². The molecule has 0 aliphatic heterocycles. The van der Waals surface area contributed by atoms with Crippen molar-refractivity contribution in [1.82, 2.24) is 16.2 Å². The number of nitrogens with one attached hydrogen (secondary N) is 4. The molecule has 0 fully saturated rings. The average molecular weight is 533 g/mol. The van der Waals surface area contributed by atoms with Crippen molar-refractivity contribution in [2.45, 2.75) is 52.9 Å². The summed E-state index contributed by atoms with van der Waals surface area (Å²) < 4.78 is 0.828. The third kappa shape index (κ3) is 8.25. The van der Waals surface area contributed by atoms with Crippen LogP contribution in [0.4, 0.5) is 5.69 Å². The number of thiocarbonyl (C=S) groups is 1. The van der Waals surface area contributed by atoms with Gasteiger partial charge in [-0.15, -0.1) is 0 Å². The number of hydrazine groups is 1. The van der Waals surface area contributed by atoms with Gasteiger partial charge in [0.1, 0.15) is 0 Å². The highest BCUT2D eigenvalue weighted by molar-refractivity contribution is 9.10. The molecule has 2 aromatic rings. The first-order valence-electron chi connectivity index (χ1n) is 10.4. The molecule has 0 atom stereocenters. The Morgan fingerprint density at radius 2 is 1.61 bits per heavy atom. The number of amides is 3. The maximum atomic E-state index is 12.4. The molecule has 0 heterocycles. The SMILES string of the molecule is Cc1ccc(NC(=O)CCC(=O)NNC(=S)NC(=O)c2ccc(C(C)(C)C)c(Br)c2)c(C)c1. The second-order valence-corrected chi connectivity index (χ2v) is 10.0. The van der Waals surface area contributed by atoms with E-state index >= 15 is 0 Å². The maximum Gasteiger partial charge on any atom is 0.257 e. The first-order valence-corrected chi connectivity index (χ1v) is 11.6. The maximum absolute atomic E-state index is 12.4. The van der Waals surface area contributed by atoms with E-state index in [9.17, 15) is 14.4 Å². The van der Waals surface area contributed by atoms with Crippen molar-refractivity contribution in [3.05, 3.63) is 63.1 Å². The minimum atomic E-state index is -0.431. The van der Waals surface area contributed by atoms with Crippen LogP contribution in [-0.4, -0.2) is 22.8 Å². The van der Waals surface area contributed by atoms with Crippen LogP contribution in [0.15, 0.2) is 40.9 Å². The van der Waals surface area contributed by atoms with Crippen LogP contribution in [0, 0.1) is 13.8 Å². The zero-order valence-corrected chi connectivity index (χ0v) is 21.8. The molecule has 4 N–H and O–H groups in total. The standard InChI is InChI=1S/C24H29BrN4O3S/c1-14-6-9-19(15(2)12-14)26-20(30)10-11-21(31)28-29-23(33)27-22(32)16-7-8-17(18(25)13-16)24(3,4)5/h6-9,12-13H,10-11H2,1-5H3,(H,26,30)(H,28,31)(H2,27,29,32,33). The Kier molecular flexibility index (Phi) is 9.13. The van der Waals surface area contributed by atoms with Gasteiger partial charge in [0.15, 0.2) is 5.11 Å². The van der Waals surface area contributed by atoms with Crippen molar-refractivity contribution in [3.63, 3.8) is 0 Å². The summed E-state index contributed by atoms with van der Waals surface area (Å²) >= 11 is 8.57. The number of carbonyl (C=O) groups excluding carboxylic acids is 3. The Hall–Kier alpha value is -2.78. The van der Waals surface area contributed by atoms with Gasteiger partial charge in [0.25, 0.3) is 5.91 Å². The Morgan fingerprint density at radius 1 is 0.939 bits per heavy atom. The summed E-state index contributed by atoms with van der Waals surface area (Å²) in [7, 11) is 0. The van der Waals surface area contributed by atoms with E-state index in [0.29, 0.717) is 5.56 Å². The van der Waals surface area contributed by atoms with Gasteiger partial charge < -0.3 is 5.32 Å². The van der Waals surface area contributed by atoms with Gasteiger partial charge in [-0.25, -0.2) is 0 Å². The van der Waals surface area contributed by atoms with E-state index in [1.54, 1.807) is 12.1 Å². The highest BCUT2D eigenvalue weighted by Gasteiger charge is 2.19. The number of hydrogen-bond acceptors (Lipinski definition) is 4. The molecule has 176 valence electrons. The Balaban J connectivity index is 1.77. The van der Waals surface area contributed by atoms with Gasteiger partial charge in [-0.05, 0) is 60.8 Å². The summed E-state index contributed by atoms with van der Waals surface area (Å²) in [4.78, 5) is 36.6. The monoisotopic (exact) mass is 532 g/mol. The van der Waals surface area contributed by atoms with E-state index in [4.69, 9.17) is 12.2 Å². The molecule has 3 amide bonds. The molecule has 2 aromatic carbocycles. The number of anilines is 1. The molecule has 0 bridgehead atoms. The van der Waals surface area contributed by atoms with Crippen LogP contribution in [0.5, 0.6) is 0 Å². The number of rotatable bonds is 5. The van der Waals surface area contributed by atoms with Gasteiger partial charge in [0.05, 0.1) is 0 Å². The highest BCUT2D eigenvalue weighted by atomic mass is 79.9. The molecular formula is C24H29BrN4O3S. The number of aryl methyl sites for hydroxylation is 2. The lowest BCUT2D eigenvalue weighted by atomic mass is 9.86. The van der Waals surface area contributed by atoms with E-state index < -0.39 is 11.8 Å². The first kappa shape index (κ1) is 26.5. The molecular weight excluding hydrogens is 504 g/mol. The summed E-state index contributed by atoms with van der Waals surface area (Å²) in [6, 6.07) is 11.0. The lowest BCUT2D eigenvalue weighted by Gasteiger charge is -2.21. The number of halogens is 1. The summed E-state index contributed by atoms with van der Waals surface area (Å²) in [6.45, 7) is 10.1. The number of benzene rings is 2. The van der Waals surface area contributed by atoms with Gasteiger partial charge in [0, 0.05) is 28.6 Å². The van der Waals surface area contributed by atoms with Crippen molar-refractivity contribution >= 4 is 56.7 Å². The second kappa shape index (κ2) is 11.4. The minimum Gasteiger partial charge on any atom is -0.326 e. The normalized spacial score (nSPS) is 10.8. The molecule has 9 heteroatoms. The second-order valence-electron chi connectivity index (χ2n) is 8.77. The fraction of sp³-hybridized carbons (Fsp3) is 0.333. The van der Waals surface area contributed by atoms with Gasteiger partial charge in [0.2, 0.25) is 11.8 Å². The third-order valence-electron chi connectivity index (χ3n) is 4.82. The Labute approximate surface area is 208 Å². The molecule has 0 unspecified atom stereocenters. The first-order chi connectivity index (χ1) is 15.4. The van der Waals surface area contributed by atoms with Crippen LogP contribution in [0.25, 0.3) is 0 Å². The third-order valence-corrected chi connectivity index (χ3v) is 5.68.